The van der Waals surface area contributed by atoms with Crippen LogP contribution in [-0.2, 0) is 11.3 Å². The lowest BCUT2D eigenvalue weighted by molar-refractivity contribution is 0.0128. The van der Waals surface area contributed by atoms with Gasteiger partial charge in [0.15, 0.2) is 6.19 Å². The molecule has 0 saturated carbocycles. The molecule has 3 aliphatic rings. The van der Waals surface area contributed by atoms with Gasteiger partial charge in [-0.05, 0) is 59.5 Å². The van der Waals surface area contributed by atoms with Crippen molar-refractivity contribution in [1.29, 1.82) is 5.26 Å². The van der Waals surface area contributed by atoms with Gasteiger partial charge in [0.2, 0.25) is 5.95 Å². The van der Waals surface area contributed by atoms with Crippen molar-refractivity contribution >= 4 is 28.6 Å². The fourth-order valence-corrected chi connectivity index (χ4v) is 6.12. The maximum Gasteiger partial charge on any atom is 0.217 e. The number of morpholine rings is 1. The van der Waals surface area contributed by atoms with Gasteiger partial charge in [-0.1, -0.05) is 18.2 Å². The number of benzene rings is 3. The summed E-state index contributed by atoms with van der Waals surface area (Å²) in [5.74, 6) is 0.0913. The zero-order valence-electron chi connectivity index (χ0n) is 21.0. The van der Waals surface area contributed by atoms with E-state index >= 15 is 0 Å². The predicted octanol–water partition coefficient (Wildman–Crippen LogP) is 5.33. The van der Waals surface area contributed by atoms with Crippen LogP contribution in [-0.4, -0.2) is 46.8 Å². The van der Waals surface area contributed by atoms with Crippen molar-refractivity contribution in [2.24, 2.45) is 0 Å². The molecule has 3 aromatic carbocycles. The first kappa shape index (κ1) is 23.8. The highest BCUT2D eigenvalue weighted by Crippen LogP contribution is 2.40. The van der Waals surface area contributed by atoms with Crippen molar-refractivity contribution in [1.82, 2.24) is 14.5 Å². The third-order valence-electron chi connectivity index (χ3n) is 7.91. The van der Waals surface area contributed by atoms with Gasteiger partial charge in [-0.2, -0.15) is 5.26 Å². The normalized spacial score (nSPS) is 21.5. The van der Waals surface area contributed by atoms with E-state index in [0.29, 0.717) is 34.4 Å². The number of rotatable bonds is 3. The van der Waals surface area contributed by atoms with E-state index in [1.165, 1.54) is 18.2 Å². The zero-order valence-corrected chi connectivity index (χ0v) is 21.0. The number of nitrogens with zero attached hydrogens (tertiary/aromatic N) is 4. The summed E-state index contributed by atoms with van der Waals surface area (Å²) in [4.78, 5) is 7.21. The van der Waals surface area contributed by atoms with Crippen LogP contribution >= 0.6 is 0 Å². The smallest absolute Gasteiger partial charge is 0.217 e. The number of anilines is 1. The van der Waals surface area contributed by atoms with Crippen LogP contribution in [0.1, 0.15) is 34.7 Å². The van der Waals surface area contributed by atoms with Crippen molar-refractivity contribution in [3.05, 3.63) is 88.5 Å². The summed E-state index contributed by atoms with van der Waals surface area (Å²) in [5.41, 5.74) is 5.05. The van der Waals surface area contributed by atoms with Crippen LogP contribution in [0, 0.1) is 23.1 Å². The van der Waals surface area contributed by atoms with Crippen molar-refractivity contribution in [3.63, 3.8) is 0 Å². The van der Waals surface area contributed by atoms with Gasteiger partial charge in [-0.25, -0.2) is 13.8 Å². The van der Waals surface area contributed by atoms with E-state index in [1.54, 1.807) is 12.1 Å². The van der Waals surface area contributed by atoms with E-state index in [2.05, 4.69) is 14.8 Å². The van der Waals surface area contributed by atoms with Crippen LogP contribution < -0.4 is 10.1 Å². The summed E-state index contributed by atoms with van der Waals surface area (Å²) in [6.07, 6.45) is 4.90. The second-order valence-corrected chi connectivity index (χ2v) is 10.2. The molecule has 1 N–H and O–H groups in total. The number of fused-ring (bicyclic) bond motifs is 4. The summed E-state index contributed by atoms with van der Waals surface area (Å²) in [5, 5.41) is 12.2. The molecule has 1 aromatic heterocycles. The number of nitrogens with one attached hydrogen (secondary N) is 1. The Hall–Kier alpha value is -4.26. The lowest BCUT2D eigenvalue weighted by Crippen LogP contribution is -2.40. The van der Waals surface area contributed by atoms with Crippen LogP contribution in [0.3, 0.4) is 0 Å². The average Bonchev–Trinajstić information content (AvgIpc) is 3.47. The Bertz CT molecular complexity index is 1660. The van der Waals surface area contributed by atoms with Gasteiger partial charge < -0.3 is 14.0 Å². The van der Waals surface area contributed by atoms with E-state index in [-0.39, 0.29) is 18.5 Å². The number of hydrogen-bond acceptors (Lipinski definition) is 6. The number of imidazole rings is 1. The van der Waals surface area contributed by atoms with Crippen LogP contribution in [0.15, 0.2) is 54.6 Å². The van der Waals surface area contributed by atoms with Gasteiger partial charge in [-0.15, -0.1) is 0 Å². The second kappa shape index (κ2) is 9.49. The molecule has 0 bridgehead atoms. The molecule has 39 heavy (non-hydrogen) atoms. The molecule has 2 saturated heterocycles. The fraction of sp³-hybridized carbons (Fsp3) is 0.267. The van der Waals surface area contributed by atoms with Crippen LogP contribution in [0.2, 0.25) is 0 Å². The third kappa shape index (κ3) is 4.13. The summed E-state index contributed by atoms with van der Waals surface area (Å²) >= 11 is 0. The first-order valence-electron chi connectivity index (χ1n) is 13.0. The van der Waals surface area contributed by atoms with E-state index < -0.39 is 5.82 Å². The Morgan fingerprint density at radius 3 is 2.87 bits per heavy atom. The van der Waals surface area contributed by atoms with Crippen molar-refractivity contribution in [2.45, 2.75) is 25.1 Å². The number of halogens is 2. The van der Waals surface area contributed by atoms with Gasteiger partial charge in [0.05, 0.1) is 30.3 Å². The minimum Gasteiger partial charge on any atom is -0.488 e. The first-order chi connectivity index (χ1) is 19.1. The molecule has 3 aliphatic heterocycles. The molecule has 7 nitrogen and oxygen atoms in total. The molecule has 4 heterocycles. The molecule has 9 heteroatoms. The maximum absolute atomic E-state index is 14.8. The Morgan fingerprint density at radius 1 is 1.08 bits per heavy atom. The van der Waals surface area contributed by atoms with Gasteiger partial charge in [0.1, 0.15) is 24.0 Å². The first-order valence-corrected chi connectivity index (χ1v) is 13.0. The van der Waals surface area contributed by atoms with Crippen LogP contribution in [0.25, 0.3) is 22.7 Å². The molecule has 0 aliphatic carbocycles. The van der Waals surface area contributed by atoms with Crippen molar-refractivity contribution in [3.8, 4) is 11.9 Å². The minimum atomic E-state index is -0.418. The lowest BCUT2D eigenvalue weighted by Gasteiger charge is -2.28. The number of hydrogen-bond donors (Lipinski definition) is 1. The molecule has 2 fully saturated rings. The Morgan fingerprint density at radius 2 is 2.00 bits per heavy atom. The minimum absolute atomic E-state index is 0.00682. The van der Waals surface area contributed by atoms with Crippen LogP contribution in [0.4, 0.5) is 14.7 Å². The lowest BCUT2D eigenvalue weighted by atomic mass is 9.92. The molecule has 0 radical (unpaired) electrons. The highest BCUT2D eigenvalue weighted by atomic mass is 19.1. The molecule has 0 unspecified atom stereocenters. The summed E-state index contributed by atoms with van der Waals surface area (Å²) < 4.78 is 42.5. The van der Waals surface area contributed by atoms with Gasteiger partial charge in [0.25, 0.3) is 0 Å². The maximum atomic E-state index is 14.8. The van der Waals surface area contributed by atoms with E-state index in [9.17, 15) is 14.0 Å². The van der Waals surface area contributed by atoms with E-state index in [0.717, 1.165) is 54.9 Å². The Kier molecular flexibility index (Phi) is 5.80. The Labute approximate surface area is 223 Å². The topological polar surface area (TPSA) is 75.3 Å². The van der Waals surface area contributed by atoms with Crippen LogP contribution in [0.5, 0.6) is 5.75 Å². The molecule has 0 amide bonds. The summed E-state index contributed by atoms with van der Waals surface area (Å²) in [6, 6.07) is 15.8. The van der Waals surface area contributed by atoms with Gasteiger partial charge in [0, 0.05) is 36.3 Å². The SMILES string of the molecule is N#CNc1nc2cc(/C=C3/c4ccc(F)cc4OCc4c(F)cccc43)ccc2n1[C@H]1C[C@@H]2COCCN2C1. The molecule has 2 atom stereocenters. The van der Waals surface area contributed by atoms with Crippen molar-refractivity contribution < 1.29 is 18.3 Å². The van der Waals surface area contributed by atoms with Gasteiger partial charge in [-0.3, -0.25) is 10.2 Å². The predicted molar refractivity (Wildman–Crippen MR) is 143 cm³/mol. The molecular formula is C30H25F2N5O2. The standard InChI is InChI=1S/C30H25F2N5O2/c31-19-5-6-23-24(22-2-1-3-26(32)25(22)16-39-29(23)12-19)10-18-4-7-28-27(11-18)35-30(34-17-33)37(28)20-13-21-15-38-9-8-36(21)14-20/h1-7,10-12,20-21H,8-9,13-16H2,(H,34,35)/b24-10+/t20-,21+/m0/s1. The second-order valence-electron chi connectivity index (χ2n) is 10.2. The zero-order chi connectivity index (χ0) is 26.5. The average molecular weight is 526 g/mol. The van der Waals surface area contributed by atoms with E-state index in [1.807, 2.05) is 36.5 Å². The number of ether oxygens (including phenoxy) is 2. The molecular weight excluding hydrogens is 500 g/mol. The highest BCUT2D eigenvalue weighted by molar-refractivity contribution is 5.96. The third-order valence-corrected chi connectivity index (χ3v) is 7.91. The molecule has 196 valence electrons. The Balaban J connectivity index is 1.34. The number of aromatic nitrogens is 2. The fourth-order valence-electron chi connectivity index (χ4n) is 6.12. The number of nitriles is 1. The quantitative estimate of drug-likeness (QED) is 0.288. The van der Waals surface area contributed by atoms with Crippen molar-refractivity contribution in [2.75, 3.05) is 31.6 Å². The summed E-state index contributed by atoms with van der Waals surface area (Å²) in [7, 11) is 0. The molecule has 0 spiro atoms. The molecule has 7 rings (SSSR count). The monoisotopic (exact) mass is 525 g/mol. The highest BCUT2D eigenvalue weighted by Gasteiger charge is 2.36. The molecule has 4 aromatic rings. The largest absolute Gasteiger partial charge is 0.488 e. The van der Waals surface area contributed by atoms with E-state index in [4.69, 9.17) is 14.5 Å². The summed E-state index contributed by atoms with van der Waals surface area (Å²) in [6.45, 7) is 3.25. The van der Waals surface area contributed by atoms with Gasteiger partial charge >= 0.3 is 0 Å².